The van der Waals surface area contributed by atoms with E-state index in [0.717, 1.165) is 0 Å². The second-order valence-corrected chi connectivity index (χ2v) is 3.55. The first-order valence-electron chi connectivity index (χ1n) is 4.59. The van der Waals surface area contributed by atoms with Crippen molar-refractivity contribution in [1.29, 1.82) is 0 Å². The van der Waals surface area contributed by atoms with Gasteiger partial charge in [-0.25, -0.2) is 0 Å². The summed E-state index contributed by atoms with van der Waals surface area (Å²) in [5, 5.41) is 2.18. The predicted octanol–water partition coefficient (Wildman–Crippen LogP) is 4.22. The van der Waals surface area contributed by atoms with Crippen molar-refractivity contribution < 1.29 is 0 Å². The smallest absolute Gasteiger partial charge is 0.0142 e. The molecule has 0 aliphatic heterocycles. The molecule has 0 saturated heterocycles. The van der Waals surface area contributed by atoms with E-state index in [-0.39, 0.29) is 0 Å². The van der Waals surface area contributed by atoms with E-state index in [9.17, 15) is 0 Å². The monoisotopic (exact) mass is 172 g/mol. The molecule has 0 aliphatic rings. The fourth-order valence-electron chi connectivity index (χ4n) is 1.03. The molecule has 0 bridgehead atoms. The third kappa shape index (κ3) is 10.1. The van der Waals surface area contributed by atoms with Gasteiger partial charge < -0.3 is 0 Å². The molecule has 11 heavy (non-hydrogen) atoms. The van der Waals surface area contributed by atoms with Crippen LogP contribution in [0.4, 0.5) is 0 Å². The van der Waals surface area contributed by atoms with E-state index in [4.69, 9.17) is 0 Å². The van der Waals surface area contributed by atoms with Gasteiger partial charge in [0.25, 0.3) is 0 Å². The molecule has 0 spiro atoms. The Morgan fingerprint density at radius 2 is 1.82 bits per heavy atom. The molecule has 0 aromatic carbocycles. The lowest BCUT2D eigenvalue weighted by Crippen LogP contribution is -1.75. The first-order valence-corrected chi connectivity index (χ1v) is 5.88. The SMILES string of the molecule is CCCCCCC/C=C\SC. The average Bonchev–Trinajstić information content (AvgIpc) is 2.03. The third-order valence-electron chi connectivity index (χ3n) is 1.71. The van der Waals surface area contributed by atoms with Crippen LogP contribution in [0, 0.1) is 0 Å². The van der Waals surface area contributed by atoms with Crippen LogP contribution in [0.1, 0.15) is 45.4 Å². The summed E-state index contributed by atoms with van der Waals surface area (Å²) >= 11 is 1.79. The Balaban J connectivity index is 2.85. The van der Waals surface area contributed by atoms with Crippen LogP contribution < -0.4 is 0 Å². The van der Waals surface area contributed by atoms with Gasteiger partial charge in [-0.15, -0.1) is 11.8 Å². The Morgan fingerprint density at radius 3 is 2.45 bits per heavy atom. The highest BCUT2D eigenvalue weighted by Gasteiger charge is 1.85. The van der Waals surface area contributed by atoms with E-state index in [1.54, 1.807) is 11.8 Å². The quantitative estimate of drug-likeness (QED) is 0.518. The van der Waals surface area contributed by atoms with Crippen LogP contribution in [-0.4, -0.2) is 6.26 Å². The molecule has 1 heteroatoms. The molecule has 0 N–H and O–H groups in total. The van der Waals surface area contributed by atoms with Gasteiger partial charge in [-0.05, 0) is 24.5 Å². The molecule has 0 aliphatic carbocycles. The van der Waals surface area contributed by atoms with E-state index in [0.29, 0.717) is 0 Å². The normalized spacial score (nSPS) is 11.1. The summed E-state index contributed by atoms with van der Waals surface area (Å²) < 4.78 is 0. The molecule has 0 rings (SSSR count). The van der Waals surface area contributed by atoms with Crippen molar-refractivity contribution in [3.8, 4) is 0 Å². The van der Waals surface area contributed by atoms with Crippen LogP contribution in [-0.2, 0) is 0 Å². The molecule has 0 aromatic heterocycles. The van der Waals surface area contributed by atoms with Crippen molar-refractivity contribution in [3.05, 3.63) is 11.5 Å². The van der Waals surface area contributed by atoms with Gasteiger partial charge >= 0.3 is 0 Å². The van der Waals surface area contributed by atoms with Gasteiger partial charge in [-0.1, -0.05) is 38.7 Å². The lowest BCUT2D eigenvalue weighted by atomic mass is 10.1. The number of rotatable bonds is 7. The van der Waals surface area contributed by atoms with Crippen molar-refractivity contribution in [2.45, 2.75) is 45.4 Å². The Labute approximate surface area is 75.5 Å². The lowest BCUT2D eigenvalue weighted by molar-refractivity contribution is 0.637. The molecule has 66 valence electrons. The maximum Gasteiger partial charge on any atom is -0.0142 e. The topological polar surface area (TPSA) is 0 Å². The van der Waals surface area contributed by atoms with Gasteiger partial charge in [-0.2, -0.15) is 0 Å². The minimum absolute atomic E-state index is 1.27. The maximum absolute atomic E-state index is 2.27. The number of allylic oxidation sites excluding steroid dienone is 1. The van der Waals surface area contributed by atoms with E-state index in [1.165, 1.54) is 38.5 Å². The standard InChI is InChI=1S/C10H20S/c1-3-4-5-6-7-8-9-10-11-2/h9-10H,3-8H2,1-2H3/b10-9-. The second-order valence-electron chi connectivity index (χ2n) is 2.81. The summed E-state index contributed by atoms with van der Waals surface area (Å²) in [6.45, 7) is 2.26. The second kappa shape index (κ2) is 10.1. The Hall–Kier alpha value is 0.0900. The predicted molar refractivity (Wildman–Crippen MR) is 56.0 cm³/mol. The summed E-state index contributed by atoms with van der Waals surface area (Å²) in [5.74, 6) is 0. The summed E-state index contributed by atoms with van der Waals surface area (Å²) in [6.07, 6.45) is 12.6. The molecule has 0 saturated carbocycles. The van der Waals surface area contributed by atoms with Crippen molar-refractivity contribution in [2.24, 2.45) is 0 Å². The van der Waals surface area contributed by atoms with Gasteiger partial charge in [0.1, 0.15) is 0 Å². The zero-order valence-corrected chi connectivity index (χ0v) is 8.62. The van der Waals surface area contributed by atoms with Crippen LogP contribution in [0.2, 0.25) is 0 Å². The van der Waals surface area contributed by atoms with Crippen LogP contribution >= 0.6 is 11.8 Å². The fraction of sp³-hybridized carbons (Fsp3) is 0.800. The van der Waals surface area contributed by atoms with Crippen LogP contribution in [0.15, 0.2) is 11.5 Å². The number of hydrogen-bond donors (Lipinski definition) is 0. The molecule has 0 atom stereocenters. The number of thioether (sulfide) groups is 1. The third-order valence-corrected chi connectivity index (χ3v) is 2.17. The summed E-state index contributed by atoms with van der Waals surface area (Å²) in [6, 6.07) is 0. The van der Waals surface area contributed by atoms with Crippen LogP contribution in [0.3, 0.4) is 0 Å². The molecular weight excluding hydrogens is 152 g/mol. The molecule has 0 unspecified atom stereocenters. The number of unbranched alkanes of at least 4 members (excludes halogenated alkanes) is 5. The highest BCUT2D eigenvalue weighted by atomic mass is 32.2. The first kappa shape index (κ1) is 11.1. The Kier molecular flexibility index (Phi) is 10.2. The summed E-state index contributed by atoms with van der Waals surface area (Å²) in [4.78, 5) is 0. The molecule has 0 heterocycles. The average molecular weight is 172 g/mol. The molecule has 0 aromatic rings. The molecule has 0 fully saturated rings. The molecule has 0 nitrogen and oxygen atoms in total. The van der Waals surface area contributed by atoms with Gasteiger partial charge in [-0.3, -0.25) is 0 Å². The fourth-order valence-corrected chi connectivity index (χ4v) is 1.36. The van der Waals surface area contributed by atoms with Gasteiger partial charge in [0.05, 0.1) is 0 Å². The van der Waals surface area contributed by atoms with E-state index in [2.05, 4.69) is 24.7 Å². The van der Waals surface area contributed by atoms with Crippen LogP contribution in [0.25, 0.3) is 0 Å². The van der Waals surface area contributed by atoms with Gasteiger partial charge in [0.15, 0.2) is 0 Å². The minimum Gasteiger partial charge on any atom is -0.138 e. The zero-order valence-electron chi connectivity index (χ0n) is 7.81. The molecular formula is C10H20S. The summed E-state index contributed by atoms with van der Waals surface area (Å²) in [7, 11) is 0. The van der Waals surface area contributed by atoms with E-state index < -0.39 is 0 Å². The van der Waals surface area contributed by atoms with E-state index >= 15 is 0 Å². The lowest BCUT2D eigenvalue weighted by Gasteiger charge is -1.95. The Bertz CT molecular complexity index is 86.9. The first-order chi connectivity index (χ1) is 5.41. The van der Waals surface area contributed by atoms with Gasteiger partial charge in [0.2, 0.25) is 0 Å². The largest absolute Gasteiger partial charge is 0.138 e. The summed E-state index contributed by atoms with van der Waals surface area (Å²) in [5.41, 5.74) is 0. The minimum atomic E-state index is 1.27. The van der Waals surface area contributed by atoms with Gasteiger partial charge in [0, 0.05) is 0 Å². The van der Waals surface area contributed by atoms with E-state index in [1.807, 2.05) is 0 Å². The van der Waals surface area contributed by atoms with Crippen molar-refractivity contribution in [3.63, 3.8) is 0 Å². The molecule has 0 radical (unpaired) electrons. The molecule has 0 amide bonds. The maximum atomic E-state index is 2.27. The zero-order chi connectivity index (χ0) is 8.36. The number of hydrogen-bond acceptors (Lipinski definition) is 1. The highest BCUT2D eigenvalue weighted by Crippen LogP contribution is 2.06. The van der Waals surface area contributed by atoms with Crippen molar-refractivity contribution >= 4 is 11.8 Å². The highest BCUT2D eigenvalue weighted by molar-refractivity contribution is 8.01. The Morgan fingerprint density at radius 1 is 1.09 bits per heavy atom. The van der Waals surface area contributed by atoms with Crippen LogP contribution in [0.5, 0.6) is 0 Å². The van der Waals surface area contributed by atoms with Crippen molar-refractivity contribution in [2.75, 3.05) is 6.26 Å². The van der Waals surface area contributed by atoms with Crippen molar-refractivity contribution in [1.82, 2.24) is 0 Å².